The molecular formula is C15H24N2O3. The van der Waals surface area contributed by atoms with Crippen LogP contribution in [0.25, 0.3) is 0 Å². The summed E-state index contributed by atoms with van der Waals surface area (Å²) in [6.45, 7) is 4.40. The molecule has 0 aliphatic carbocycles. The molecule has 0 aromatic heterocycles. The number of nitrogens with two attached hydrogens (primary N) is 1. The van der Waals surface area contributed by atoms with Crippen molar-refractivity contribution in [3.8, 4) is 5.75 Å². The average Bonchev–Trinajstić information content (AvgIpc) is 2.50. The van der Waals surface area contributed by atoms with Gasteiger partial charge in [0.25, 0.3) is 0 Å². The number of hydrogen-bond acceptors (Lipinski definition) is 5. The van der Waals surface area contributed by atoms with E-state index in [2.05, 4.69) is 4.90 Å². The Balaban J connectivity index is 1.74. The Labute approximate surface area is 120 Å². The molecule has 1 heterocycles. The predicted octanol–water partition coefficient (Wildman–Crippen LogP) is 0.260. The Morgan fingerprint density at radius 3 is 2.85 bits per heavy atom. The van der Waals surface area contributed by atoms with E-state index in [0.717, 1.165) is 31.9 Å². The number of benzene rings is 1. The van der Waals surface area contributed by atoms with Crippen LogP contribution >= 0.6 is 0 Å². The number of aliphatic hydroxyl groups is 1. The van der Waals surface area contributed by atoms with Gasteiger partial charge in [0.05, 0.1) is 25.9 Å². The van der Waals surface area contributed by atoms with E-state index in [0.29, 0.717) is 19.8 Å². The maximum atomic E-state index is 9.29. The van der Waals surface area contributed by atoms with Crippen LogP contribution in [0, 0.1) is 0 Å². The molecule has 1 atom stereocenters. The number of aliphatic hydroxyl groups excluding tert-OH is 1. The summed E-state index contributed by atoms with van der Waals surface area (Å²) in [6.07, 6.45) is 0.895. The highest BCUT2D eigenvalue weighted by molar-refractivity contribution is 5.27. The largest absolute Gasteiger partial charge is 0.492 e. The van der Waals surface area contributed by atoms with Crippen LogP contribution in [-0.2, 0) is 11.2 Å². The molecule has 1 aliphatic rings. The Hall–Kier alpha value is -1.14. The number of ether oxygens (including phenoxy) is 2. The lowest BCUT2D eigenvalue weighted by Crippen LogP contribution is -2.48. The third kappa shape index (κ3) is 4.45. The van der Waals surface area contributed by atoms with Gasteiger partial charge in [-0.2, -0.15) is 0 Å². The first-order valence-corrected chi connectivity index (χ1v) is 7.18. The number of morpholine rings is 1. The summed E-state index contributed by atoms with van der Waals surface area (Å²) in [4.78, 5) is 2.21. The second-order valence-corrected chi connectivity index (χ2v) is 4.98. The van der Waals surface area contributed by atoms with Crippen LogP contribution in [-0.4, -0.2) is 62.1 Å². The van der Waals surface area contributed by atoms with Crippen molar-refractivity contribution in [3.63, 3.8) is 0 Å². The molecule has 1 fully saturated rings. The van der Waals surface area contributed by atoms with Gasteiger partial charge in [0, 0.05) is 13.1 Å². The van der Waals surface area contributed by atoms with Gasteiger partial charge in [-0.05, 0) is 30.7 Å². The molecule has 0 bridgehead atoms. The number of hydrogen-bond donors (Lipinski definition) is 2. The molecule has 0 amide bonds. The maximum absolute atomic E-state index is 9.29. The fourth-order valence-corrected chi connectivity index (χ4v) is 2.35. The lowest BCUT2D eigenvalue weighted by Gasteiger charge is -2.34. The van der Waals surface area contributed by atoms with E-state index < -0.39 is 0 Å². The first kappa shape index (κ1) is 15.3. The van der Waals surface area contributed by atoms with Crippen LogP contribution in [0.5, 0.6) is 5.75 Å². The first-order chi connectivity index (χ1) is 9.83. The van der Waals surface area contributed by atoms with Gasteiger partial charge in [0.2, 0.25) is 0 Å². The Bertz CT molecular complexity index is 383. The minimum atomic E-state index is 0.0966. The van der Waals surface area contributed by atoms with Gasteiger partial charge in [-0.1, -0.05) is 12.1 Å². The lowest BCUT2D eigenvalue weighted by molar-refractivity contribution is -0.0312. The van der Waals surface area contributed by atoms with Gasteiger partial charge < -0.3 is 20.3 Å². The van der Waals surface area contributed by atoms with Gasteiger partial charge in [0.15, 0.2) is 0 Å². The van der Waals surface area contributed by atoms with Gasteiger partial charge >= 0.3 is 0 Å². The van der Waals surface area contributed by atoms with E-state index in [9.17, 15) is 5.11 Å². The van der Waals surface area contributed by atoms with Crippen LogP contribution in [0.4, 0.5) is 0 Å². The highest BCUT2D eigenvalue weighted by atomic mass is 16.5. The van der Waals surface area contributed by atoms with Crippen LogP contribution < -0.4 is 10.5 Å². The molecule has 0 spiro atoms. The van der Waals surface area contributed by atoms with E-state index in [4.69, 9.17) is 15.2 Å². The second kappa shape index (κ2) is 8.21. The number of rotatable bonds is 7. The smallest absolute Gasteiger partial charge is 0.119 e. The van der Waals surface area contributed by atoms with Gasteiger partial charge in [-0.25, -0.2) is 0 Å². The monoisotopic (exact) mass is 280 g/mol. The summed E-state index contributed by atoms with van der Waals surface area (Å²) in [5.74, 6) is 0.875. The topological polar surface area (TPSA) is 68.0 Å². The molecule has 3 N–H and O–H groups in total. The number of nitrogens with zero attached hydrogens (tertiary/aromatic N) is 1. The average molecular weight is 280 g/mol. The molecule has 112 valence electrons. The van der Waals surface area contributed by atoms with Crippen molar-refractivity contribution in [2.24, 2.45) is 5.73 Å². The summed E-state index contributed by atoms with van der Waals surface area (Å²) in [6, 6.07) is 8.15. The summed E-state index contributed by atoms with van der Waals surface area (Å²) in [7, 11) is 0. The quantitative estimate of drug-likeness (QED) is 0.750. The Morgan fingerprint density at radius 2 is 2.15 bits per heavy atom. The van der Waals surface area contributed by atoms with Gasteiger partial charge in [-0.3, -0.25) is 4.90 Å². The lowest BCUT2D eigenvalue weighted by atomic mass is 10.1. The molecule has 1 aliphatic heterocycles. The van der Waals surface area contributed by atoms with E-state index in [1.807, 2.05) is 24.3 Å². The van der Waals surface area contributed by atoms with Crippen molar-refractivity contribution in [2.75, 3.05) is 46.1 Å². The maximum Gasteiger partial charge on any atom is 0.119 e. The molecule has 1 aromatic carbocycles. The van der Waals surface area contributed by atoms with Gasteiger partial charge in [-0.15, -0.1) is 0 Å². The normalized spacial score (nSPS) is 20.0. The highest BCUT2D eigenvalue weighted by Gasteiger charge is 2.21. The zero-order valence-corrected chi connectivity index (χ0v) is 11.8. The SMILES string of the molecule is NCCc1ccc(OCCN2CCOCC2CO)cc1. The van der Waals surface area contributed by atoms with Crippen molar-refractivity contribution in [2.45, 2.75) is 12.5 Å². The zero-order valence-electron chi connectivity index (χ0n) is 11.8. The molecular weight excluding hydrogens is 256 g/mol. The van der Waals surface area contributed by atoms with E-state index in [1.165, 1.54) is 5.56 Å². The standard InChI is InChI=1S/C15H24N2O3/c16-6-5-13-1-3-15(4-2-13)20-10-8-17-7-9-19-12-14(17)11-18/h1-4,14,18H,5-12,16H2. The van der Waals surface area contributed by atoms with Crippen LogP contribution in [0.15, 0.2) is 24.3 Å². The fourth-order valence-electron chi connectivity index (χ4n) is 2.35. The predicted molar refractivity (Wildman–Crippen MR) is 78.0 cm³/mol. The molecule has 1 unspecified atom stereocenters. The third-order valence-corrected chi connectivity index (χ3v) is 3.56. The highest BCUT2D eigenvalue weighted by Crippen LogP contribution is 2.13. The van der Waals surface area contributed by atoms with Crippen LogP contribution in [0.1, 0.15) is 5.56 Å². The minimum absolute atomic E-state index is 0.0966. The second-order valence-electron chi connectivity index (χ2n) is 4.98. The van der Waals surface area contributed by atoms with E-state index in [1.54, 1.807) is 0 Å². The minimum Gasteiger partial charge on any atom is -0.492 e. The molecule has 1 saturated heterocycles. The van der Waals surface area contributed by atoms with Crippen molar-refractivity contribution in [1.29, 1.82) is 0 Å². The van der Waals surface area contributed by atoms with Gasteiger partial charge in [0.1, 0.15) is 12.4 Å². The summed E-state index contributed by atoms with van der Waals surface area (Å²) in [5.41, 5.74) is 6.75. The molecule has 0 radical (unpaired) electrons. The van der Waals surface area contributed by atoms with Crippen molar-refractivity contribution >= 4 is 0 Å². The van der Waals surface area contributed by atoms with Crippen molar-refractivity contribution in [1.82, 2.24) is 4.90 Å². The molecule has 5 nitrogen and oxygen atoms in total. The summed E-state index contributed by atoms with van der Waals surface area (Å²) >= 11 is 0. The van der Waals surface area contributed by atoms with Crippen molar-refractivity contribution < 1.29 is 14.6 Å². The Kier molecular flexibility index (Phi) is 6.26. The third-order valence-electron chi connectivity index (χ3n) is 3.56. The zero-order chi connectivity index (χ0) is 14.2. The van der Waals surface area contributed by atoms with Crippen LogP contribution in [0.3, 0.4) is 0 Å². The van der Waals surface area contributed by atoms with Crippen LogP contribution in [0.2, 0.25) is 0 Å². The van der Waals surface area contributed by atoms with Crippen molar-refractivity contribution in [3.05, 3.63) is 29.8 Å². The molecule has 1 aromatic rings. The fraction of sp³-hybridized carbons (Fsp3) is 0.600. The molecule has 0 saturated carbocycles. The Morgan fingerprint density at radius 1 is 1.35 bits per heavy atom. The molecule has 5 heteroatoms. The molecule has 2 rings (SSSR count). The summed E-state index contributed by atoms with van der Waals surface area (Å²) < 4.78 is 11.1. The summed E-state index contributed by atoms with van der Waals surface area (Å²) in [5, 5.41) is 9.29. The molecule has 20 heavy (non-hydrogen) atoms. The first-order valence-electron chi connectivity index (χ1n) is 7.18. The van der Waals surface area contributed by atoms with E-state index >= 15 is 0 Å². The van der Waals surface area contributed by atoms with E-state index in [-0.39, 0.29) is 12.6 Å².